The maximum Gasteiger partial charge on any atom is 0.233 e. The standard InChI is InChI=1S/C18H22N4O3S/c1-12(26-18-21-20-16-5-3-2-4-8-22(16)18)17(23)19-10-13-6-7-14-15(9-13)25-11-24-14/h6-7,9,12H,2-5,8,10-11H2,1H3,(H,19,23). The van der Waals surface area contributed by atoms with Gasteiger partial charge < -0.3 is 19.4 Å². The number of hydrogen-bond donors (Lipinski definition) is 1. The Bertz CT molecular complexity index is 808. The molecule has 0 aliphatic carbocycles. The SMILES string of the molecule is CC(Sc1nnc2n1CCCCC2)C(=O)NCc1ccc2c(c1)OCO2. The smallest absolute Gasteiger partial charge is 0.233 e. The van der Waals surface area contributed by atoms with E-state index in [1.165, 1.54) is 18.2 Å². The number of rotatable bonds is 5. The van der Waals surface area contributed by atoms with Crippen LogP contribution in [0, 0.1) is 0 Å². The lowest BCUT2D eigenvalue weighted by molar-refractivity contribution is -0.120. The minimum absolute atomic E-state index is 0.0151. The minimum atomic E-state index is -0.236. The fraction of sp³-hybridized carbons (Fsp3) is 0.500. The second-order valence-corrected chi connectivity index (χ2v) is 7.83. The molecular weight excluding hydrogens is 352 g/mol. The van der Waals surface area contributed by atoms with E-state index in [0.29, 0.717) is 6.54 Å². The summed E-state index contributed by atoms with van der Waals surface area (Å²) < 4.78 is 12.8. The molecule has 0 fully saturated rings. The largest absolute Gasteiger partial charge is 0.454 e. The van der Waals surface area contributed by atoms with Crippen molar-refractivity contribution in [3.05, 3.63) is 29.6 Å². The molecule has 8 heteroatoms. The molecule has 1 aromatic carbocycles. The molecule has 26 heavy (non-hydrogen) atoms. The summed E-state index contributed by atoms with van der Waals surface area (Å²) in [7, 11) is 0. The summed E-state index contributed by atoms with van der Waals surface area (Å²) in [5, 5.41) is 12.2. The molecule has 0 radical (unpaired) electrons. The number of hydrogen-bond acceptors (Lipinski definition) is 6. The molecule has 1 amide bonds. The highest BCUT2D eigenvalue weighted by atomic mass is 32.2. The highest BCUT2D eigenvalue weighted by Crippen LogP contribution is 2.32. The fourth-order valence-electron chi connectivity index (χ4n) is 3.14. The predicted molar refractivity (Wildman–Crippen MR) is 97.3 cm³/mol. The lowest BCUT2D eigenvalue weighted by Crippen LogP contribution is -2.30. The number of amides is 1. The van der Waals surface area contributed by atoms with Gasteiger partial charge in [-0.1, -0.05) is 24.2 Å². The van der Waals surface area contributed by atoms with Gasteiger partial charge in [-0.2, -0.15) is 0 Å². The first-order valence-electron chi connectivity index (χ1n) is 8.95. The van der Waals surface area contributed by atoms with E-state index in [4.69, 9.17) is 9.47 Å². The molecule has 2 aliphatic rings. The normalized spacial score (nSPS) is 16.7. The highest BCUT2D eigenvalue weighted by molar-refractivity contribution is 8.00. The summed E-state index contributed by atoms with van der Waals surface area (Å²) in [5.41, 5.74) is 0.983. The zero-order valence-electron chi connectivity index (χ0n) is 14.7. The monoisotopic (exact) mass is 374 g/mol. The van der Waals surface area contributed by atoms with Crippen LogP contribution in [0.3, 0.4) is 0 Å². The summed E-state index contributed by atoms with van der Waals surface area (Å²) >= 11 is 1.47. The van der Waals surface area contributed by atoms with Crippen molar-refractivity contribution >= 4 is 17.7 Å². The predicted octanol–water partition coefficient (Wildman–Crippen LogP) is 2.53. The van der Waals surface area contributed by atoms with E-state index in [2.05, 4.69) is 20.1 Å². The Labute approximate surface area is 156 Å². The van der Waals surface area contributed by atoms with Crippen molar-refractivity contribution < 1.29 is 14.3 Å². The van der Waals surface area contributed by atoms with Gasteiger partial charge in [-0.15, -0.1) is 10.2 Å². The Balaban J connectivity index is 1.34. The third-order valence-corrected chi connectivity index (χ3v) is 5.71. The van der Waals surface area contributed by atoms with Crippen LogP contribution in [0.5, 0.6) is 11.5 Å². The van der Waals surface area contributed by atoms with Gasteiger partial charge in [0.15, 0.2) is 16.7 Å². The maximum atomic E-state index is 12.5. The van der Waals surface area contributed by atoms with Crippen molar-refractivity contribution in [2.24, 2.45) is 0 Å². The van der Waals surface area contributed by atoms with Crippen molar-refractivity contribution in [1.29, 1.82) is 0 Å². The van der Waals surface area contributed by atoms with Crippen molar-refractivity contribution in [2.45, 2.75) is 56.1 Å². The fourth-order valence-corrected chi connectivity index (χ4v) is 4.06. The number of fused-ring (bicyclic) bond motifs is 2. The van der Waals surface area contributed by atoms with Gasteiger partial charge in [-0.3, -0.25) is 4.79 Å². The zero-order valence-corrected chi connectivity index (χ0v) is 15.6. The van der Waals surface area contributed by atoms with Gasteiger partial charge in [0.1, 0.15) is 5.82 Å². The van der Waals surface area contributed by atoms with Crippen LogP contribution in [0.15, 0.2) is 23.4 Å². The molecule has 1 unspecified atom stereocenters. The molecule has 7 nitrogen and oxygen atoms in total. The maximum absolute atomic E-state index is 12.5. The third kappa shape index (κ3) is 3.65. The number of thioether (sulfide) groups is 1. The Kier molecular flexibility index (Phi) is 5.01. The van der Waals surface area contributed by atoms with Gasteiger partial charge in [0.25, 0.3) is 0 Å². The molecule has 2 aromatic rings. The number of nitrogens with one attached hydrogen (secondary N) is 1. The average molecular weight is 374 g/mol. The van der Waals surface area contributed by atoms with Gasteiger partial charge in [0, 0.05) is 19.5 Å². The van der Waals surface area contributed by atoms with Crippen LogP contribution >= 0.6 is 11.8 Å². The van der Waals surface area contributed by atoms with Gasteiger partial charge in [0.05, 0.1) is 5.25 Å². The average Bonchev–Trinajstić information content (AvgIpc) is 3.19. The molecule has 0 bridgehead atoms. The number of carbonyl (C=O) groups is 1. The van der Waals surface area contributed by atoms with Crippen molar-refractivity contribution in [3.63, 3.8) is 0 Å². The van der Waals surface area contributed by atoms with E-state index in [0.717, 1.165) is 53.9 Å². The molecule has 1 aromatic heterocycles. The topological polar surface area (TPSA) is 78.3 Å². The number of ether oxygens (including phenoxy) is 2. The van der Waals surface area contributed by atoms with Crippen LogP contribution in [0.25, 0.3) is 0 Å². The first-order chi connectivity index (χ1) is 12.7. The lowest BCUT2D eigenvalue weighted by atomic mass is 10.2. The Hall–Kier alpha value is -2.22. The van der Waals surface area contributed by atoms with E-state index >= 15 is 0 Å². The van der Waals surface area contributed by atoms with Gasteiger partial charge in [-0.25, -0.2) is 0 Å². The van der Waals surface area contributed by atoms with Gasteiger partial charge in [-0.05, 0) is 37.5 Å². The number of benzene rings is 1. The number of aryl methyl sites for hydroxylation is 1. The van der Waals surface area contributed by atoms with Crippen molar-refractivity contribution in [1.82, 2.24) is 20.1 Å². The van der Waals surface area contributed by atoms with Crippen molar-refractivity contribution in [2.75, 3.05) is 6.79 Å². The van der Waals surface area contributed by atoms with Crippen LogP contribution in [0.2, 0.25) is 0 Å². The first kappa shape index (κ1) is 17.2. The summed E-state index contributed by atoms with van der Waals surface area (Å²) in [4.78, 5) is 12.5. The second-order valence-electron chi connectivity index (χ2n) is 6.53. The molecule has 1 N–H and O–H groups in total. The third-order valence-electron chi connectivity index (χ3n) is 4.63. The molecular formula is C18H22N4O3S. The molecule has 0 saturated carbocycles. The summed E-state index contributed by atoms with van der Waals surface area (Å²) in [6.07, 6.45) is 4.49. The van der Waals surface area contributed by atoms with Crippen LogP contribution in [0.4, 0.5) is 0 Å². The van der Waals surface area contributed by atoms with Crippen molar-refractivity contribution in [3.8, 4) is 11.5 Å². The molecule has 138 valence electrons. The van der Waals surface area contributed by atoms with E-state index in [1.54, 1.807) is 0 Å². The molecule has 0 saturated heterocycles. The van der Waals surface area contributed by atoms with E-state index in [9.17, 15) is 4.79 Å². The van der Waals surface area contributed by atoms with Gasteiger partial charge in [0.2, 0.25) is 12.7 Å². The zero-order chi connectivity index (χ0) is 17.9. The second kappa shape index (κ2) is 7.57. The first-order valence-corrected chi connectivity index (χ1v) is 9.83. The summed E-state index contributed by atoms with van der Waals surface area (Å²) in [5.74, 6) is 2.50. The summed E-state index contributed by atoms with van der Waals surface area (Å²) in [6, 6.07) is 5.70. The quantitative estimate of drug-likeness (QED) is 0.811. The van der Waals surface area contributed by atoms with Crippen LogP contribution in [-0.2, 0) is 24.3 Å². The Morgan fingerprint density at radius 2 is 2.15 bits per heavy atom. The van der Waals surface area contributed by atoms with Crippen LogP contribution in [-0.4, -0.2) is 32.7 Å². The van der Waals surface area contributed by atoms with Crippen LogP contribution in [0.1, 0.15) is 37.6 Å². The Morgan fingerprint density at radius 1 is 1.27 bits per heavy atom. The van der Waals surface area contributed by atoms with E-state index < -0.39 is 0 Å². The van der Waals surface area contributed by atoms with E-state index in [1.807, 2.05) is 25.1 Å². The molecule has 1 atom stereocenters. The van der Waals surface area contributed by atoms with Gasteiger partial charge >= 0.3 is 0 Å². The highest BCUT2D eigenvalue weighted by Gasteiger charge is 2.21. The molecule has 3 heterocycles. The van der Waals surface area contributed by atoms with Crippen LogP contribution < -0.4 is 14.8 Å². The number of aromatic nitrogens is 3. The van der Waals surface area contributed by atoms with E-state index in [-0.39, 0.29) is 18.0 Å². The molecule has 2 aliphatic heterocycles. The summed E-state index contributed by atoms with van der Waals surface area (Å²) in [6.45, 7) is 3.55. The number of carbonyl (C=O) groups excluding carboxylic acids is 1. The minimum Gasteiger partial charge on any atom is -0.454 e. The Morgan fingerprint density at radius 3 is 3.08 bits per heavy atom. The lowest BCUT2D eigenvalue weighted by Gasteiger charge is -2.13. The number of nitrogens with zero attached hydrogens (tertiary/aromatic N) is 3. The molecule has 4 rings (SSSR count). The molecule has 0 spiro atoms.